The van der Waals surface area contributed by atoms with Crippen molar-refractivity contribution < 1.29 is 23.7 Å². The first-order valence-corrected chi connectivity index (χ1v) is 14.6. The molecule has 4 aromatic rings. The van der Waals surface area contributed by atoms with E-state index in [2.05, 4.69) is 20.2 Å². The monoisotopic (exact) mass is 594 g/mol. The minimum Gasteiger partial charge on any atom is -0.478 e. The number of benzene rings is 2. The van der Waals surface area contributed by atoms with Gasteiger partial charge in [-0.2, -0.15) is 4.98 Å². The summed E-state index contributed by atoms with van der Waals surface area (Å²) in [7, 11) is 0. The van der Waals surface area contributed by atoms with E-state index >= 15 is 0 Å². The number of piperidine rings is 1. The van der Waals surface area contributed by atoms with E-state index in [1.807, 2.05) is 6.07 Å². The van der Waals surface area contributed by atoms with E-state index in [9.17, 15) is 9.90 Å². The average molecular weight is 595 g/mol. The topological polar surface area (TPSA) is 115 Å². The van der Waals surface area contributed by atoms with Gasteiger partial charge in [0.05, 0.1) is 28.3 Å². The fourth-order valence-electron chi connectivity index (χ4n) is 6.37. The van der Waals surface area contributed by atoms with Gasteiger partial charge < -0.3 is 23.8 Å². The molecule has 1 saturated carbocycles. The van der Waals surface area contributed by atoms with E-state index in [0.717, 1.165) is 49.8 Å². The molecule has 2 saturated heterocycles. The quantitative estimate of drug-likeness (QED) is 0.224. The predicted octanol–water partition coefficient (Wildman–Crippen LogP) is 7.30. The van der Waals surface area contributed by atoms with E-state index in [1.165, 1.54) is 0 Å². The first-order valence-electron chi connectivity index (χ1n) is 13.9. The molecule has 2 aromatic heterocycles. The number of halogens is 2. The molecule has 3 fully saturated rings. The second kappa shape index (κ2) is 10.5. The highest BCUT2D eigenvalue weighted by Gasteiger charge is 2.44. The zero-order valence-corrected chi connectivity index (χ0v) is 23.9. The highest BCUT2D eigenvalue weighted by atomic mass is 35.5. The number of carboxylic acids is 1. The van der Waals surface area contributed by atoms with Gasteiger partial charge in [-0.05, 0) is 80.4 Å². The number of carboxylic acid groups (broad SMARTS) is 1. The molecule has 0 radical (unpaired) electrons. The molecule has 11 heteroatoms. The highest BCUT2D eigenvalue weighted by molar-refractivity contribution is 6.39. The first-order chi connectivity index (χ1) is 19.9. The van der Waals surface area contributed by atoms with E-state index in [-0.39, 0.29) is 23.8 Å². The number of ether oxygens (including phenoxy) is 1. The van der Waals surface area contributed by atoms with Crippen LogP contribution in [0.25, 0.3) is 22.7 Å². The largest absolute Gasteiger partial charge is 0.478 e. The fourth-order valence-corrected chi connectivity index (χ4v) is 6.94. The van der Waals surface area contributed by atoms with Gasteiger partial charge in [-0.3, -0.25) is 0 Å². The Kier molecular flexibility index (Phi) is 6.76. The smallest absolute Gasteiger partial charge is 0.335 e. The molecule has 2 aromatic carbocycles. The van der Waals surface area contributed by atoms with Crippen LogP contribution in [0, 0.1) is 6.92 Å². The van der Waals surface area contributed by atoms with Gasteiger partial charge in [-0.1, -0.05) is 40.5 Å². The number of hydrogen-bond donors (Lipinski definition) is 1. The lowest BCUT2D eigenvalue weighted by Crippen LogP contribution is -2.46. The molecule has 2 bridgehead atoms. The summed E-state index contributed by atoms with van der Waals surface area (Å²) in [4.78, 5) is 18.5. The number of anilines is 1. The molecular weight excluding hydrogens is 567 g/mol. The number of hydrogen-bond acceptors (Lipinski definition) is 8. The number of aromatic nitrogens is 3. The van der Waals surface area contributed by atoms with Crippen LogP contribution in [-0.2, 0) is 11.3 Å². The van der Waals surface area contributed by atoms with Crippen LogP contribution in [0.1, 0.15) is 71.7 Å². The normalized spacial score (nSPS) is 21.9. The molecule has 2 aliphatic heterocycles. The van der Waals surface area contributed by atoms with Gasteiger partial charge in [0, 0.05) is 34.7 Å². The van der Waals surface area contributed by atoms with Crippen molar-refractivity contribution in [3.63, 3.8) is 0 Å². The number of fused-ring (bicyclic) bond motifs is 2. The van der Waals surface area contributed by atoms with Gasteiger partial charge in [0.2, 0.25) is 0 Å². The molecule has 212 valence electrons. The van der Waals surface area contributed by atoms with Crippen LogP contribution in [0.5, 0.6) is 0 Å². The van der Waals surface area contributed by atoms with Crippen LogP contribution >= 0.6 is 23.2 Å². The molecule has 41 heavy (non-hydrogen) atoms. The second-order valence-electron chi connectivity index (χ2n) is 11.1. The molecule has 1 unspecified atom stereocenters. The maximum absolute atomic E-state index is 11.6. The van der Waals surface area contributed by atoms with Crippen LogP contribution < -0.4 is 4.90 Å². The van der Waals surface area contributed by atoms with Gasteiger partial charge in [0.25, 0.3) is 11.8 Å². The fraction of sp³-hybridized carbons (Fsp3) is 0.400. The van der Waals surface area contributed by atoms with Crippen molar-refractivity contribution in [1.82, 2.24) is 15.3 Å². The zero-order chi connectivity index (χ0) is 28.2. The molecule has 1 N–H and O–H groups in total. The third kappa shape index (κ3) is 4.79. The third-order valence-corrected chi connectivity index (χ3v) is 9.19. The Hall–Kier alpha value is -3.40. The Labute approximate surface area is 246 Å². The lowest BCUT2D eigenvalue weighted by atomic mass is 9.99. The molecule has 3 atom stereocenters. The number of nitrogens with zero attached hydrogens (tertiary/aromatic N) is 4. The SMILES string of the molecule is Cc1c(C(=O)O)cccc1-c1nc(N2[C@@H]3CC[C@H]2CC(OCc2c(-c4c(Cl)cccc4Cl)noc2C2CC2)C3)no1. The van der Waals surface area contributed by atoms with Gasteiger partial charge in [-0.15, -0.1) is 0 Å². The van der Waals surface area contributed by atoms with Crippen LogP contribution in [0.3, 0.4) is 0 Å². The molecule has 7 rings (SSSR count). The van der Waals surface area contributed by atoms with E-state index in [0.29, 0.717) is 56.8 Å². The summed E-state index contributed by atoms with van der Waals surface area (Å²) in [5.41, 5.74) is 3.71. The van der Waals surface area contributed by atoms with Crippen molar-refractivity contribution in [3.8, 4) is 22.7 Å². The van der Waals surface area contributed by atoms with Crippen LogP contribution in [-0.4, -0.2) is 44.6 Å². The summed E-state index contributed by atoms with van der Waals surface area (Å²) >= 11 is 13.0. The third-order valence-electron chi connectivity index (χ3n) is 8.56. The molecule has 3 aliphatic rings. The van der Waals surface area contributed by atoms with Crippen molar-refractivity contribution in [2.75, 3.05) is 4.90 Å². The van der Waals surface area contributed by atoms with E-state index < -0.39 is 5.97 Å². The number of aromatic carboxylic acids is 1. The van der Waals surface area contributed by atoms with Gasteiger partial charge in [0.1, 0.15) is 11.5 Å². The summed E-state index contributed by atoms with van der Waals surface area (Å²) in [5, 5.41) is 19.2. The molecule has 9 nitrogen and oxygen atoms in total. The minimum absolute atomic E-state index is 0.0566. The summed E-state index contributed by atoms with van der Waals surface area (Å²) in [5.74, 6) is 1.11. The van der Waals surface area contributed by atoms with Crippen molar-refractivity contribution in [3.05, 3.63) is 68.9 Å². The van der Waals surface area contributed by atoms with E-state index in [4.69, 9.17) is 37.0 Å². The van der Waals surface area contributed by atoms with E-state index in [1.54, 1.807) is 37.3 Å². The summed E-state index contributed by atoms with van der Waals surface area (Å²) < 4.78 is 18.0. The Morgan fingerprint density at radius 2 is 1.73 bits per heavy atom. The maximum Gasteiger partial charge on any atom is 0.335 e. The van der Waals surface area contributed by atoms with Gasteiger partial charge in [0.15, 0.2) is 0 Å². The molecular formula is C30H28Cl2N4O5. The number of carbonyl (C=O) groups is 1. The first kappa shape index (κ1) is 26.5. The molecule has 1 aliphatic carbocycles. The van der Waals surface area contributed by atoms with Crippen LogP contribution in [0.15, 0.2) is 45.4 Å². The Morgan fingerprint density at radius 1 is 1.02 bits per heavy atom. The van der Waals surface area contributed by atoms with Crippen molar-refractivity contribution in [2.24, 2.45) is 0 Å². The standard InChI is InChI=1S/C30H28Cl2N4O5/c1-15-20(4-2-5-21(15)29(37)38)28-33-30(35-41-28)36-17-10-11-18(36)13-19(12-17)39-14-22-26(34-40-27(22)16-8-9-16)25-23(31)6-3-7-24(25)32/h2-7,16-19H,8-14H2,1H3,(H,37,38)/t17-,18+,19?. The van der Waals surface area contributed by atoms with Crippen molar-refractivity contribution in [1.29, 1.82) is 0 Å². The Morgan fingerprint density at radius 3 is 2.41 bits per heavy atom. The second-order valence-corrected chi connectivity index (χ2v) is 11.9. The summed E-state index contributed by atoms with van der Waals surface area (Å²) in [6, 6.07) is 10.9. The van der Waals surface area contributed by atoms with Gasteiger partial charge in [-0.25, -0.2) is 4.79 Å². The average Bonchev–Trinajstić information content (AvgIpc) is 3.42. The van der Waals surface area contributed by atoms with Gasteiger partial charge >= 0.3 is 5.97 Å². The summed E-state index contributed by atoms with van der Waals surface area (Å²) in [6.07, 6.45) is 5.91. The lowest BCUT2D eigenvalue weighted by molar-refractivity contribution is 0.0144. The van der Waals surface area contributed by atoms with Crippen LogP contribution in [0.4, 0.5) is 5.95 Å². The summed E-state index contributed by atoms with van der Waals surface area (Å²) in [6.45, 7) is 2.13. The predicted molar refractivity (Wildman–Crippen MR) is 152 cm³/mol. The Balaban J connectivity index is 1.08. The molecule has 4 heterocycles. The lowest BCUT2D eigenvalue weighted by Gasteiger charge is -2.37. The maximum atomic E-state index is 11.6. The number of rotatable bonds is 8. The molecule has 0 amide bonds. The van der Waals surface area contributed by atoms with Crippen LogP contribution in [0.2, 0.25) is 10.0 Å². The minimum atomic E-state index is -0.984. The molecule has 0 spiro atoms. The zero-order valence-electron chi connectivity index (χ0n) is 22.3. The van der Waals surface area contributed by atoms with Crippen molar-refractivity contribution >= 4 is 35.1 Å². The van der Waals surface area contributed by atoms with Crippen molar-refractivity contribution in [2.45, 2.75) is 76.2 Å². The Bertz CT molecular complexity index is 1600. The highest BCUT2D eigenvalue weighted by Crippen LogP contribution is 2.47.